The number of carbonyl (C=O) groups is 1. The van der Waals surface area contributed by atoms with Gasteiger partial charge in [-0.15, -0.1) is 0 Å². The van der Waals surface area contributed by atoms with E-state index in [0.29, 0.717) is 17.2 Å². The SMILES string of the molecule is COc1ccc(NC(=O)C(C)Sc2cc(C)c3cccc(C)c3n2)cc1OC. The van der Waals surface area contributed by atoms with Crippen LogP contribution < -0.4 is 14.8 Å². The summed E-state index contributed by atoms with van der Waals surface area (Å²) in [5.74, 6) is 1.10. The molecule has 1 heterocycles. The number of carbonyl (C=O) groups excluding carboxylic acids is 1. The van der Waals surface area contributed by atoms with Gasteiger partial charge in [0.05, 0.1) is 30.0 Å². The molecule has 28 heavy (non-hydrogen) atoms. The highest BCUT2D eigenvalue weighted by Gasteiger charge is 2.17. The standard InChI is InChI=1S/C22H24N2O3S/c1-13-7-6-8-17-14(2)11-20(24-21(13)17)28-15(3)22(25)23-16-9-10-18(26-4)19(12-16)27-5/h6-12,15H,1-5H3,(H,23,25). The minimum atomic E-state index is -0.304. The lowest BCUT2D eigenvalue weighted by Crippen LogP contribution is -2.22. The number of aromatic nitrogens is 1. The number of pyridine rings is 1. The fourth-order valence-corrected chi connectivity index (χ4v) is 3.90. The van der Waals surface area contributed by atoms with E-state index in [1.807, 2.05) is 19.1 Å². The summed E-state index contributed by atoms with van der Waals surface area (Å²) >= 11 is 1.45. The average molecular weight is 397 g/mol. The maximum absolute atomic E-state index is 12.7. The molecule has 3 rings (SSSR count). The quantitative estimate of drug-likeness (QED) is 0.595. The summed E-state index contributed by atoms with van der Waals surface area (Å²) in [7, 11) is 3.15. The highest BCUT2D eigenvalue weighted by atomic mass is 32.2. The molecule has 6 heteroatoms. The fraction of sp³-hybridized carbons (Fsp3) is 0.273. The molecule has 1 aromatic heterocycles. The third-order valence-corrected chi connectivity index (χ3v) is 5.56. The predicted octanol–water partition coefficient (Wildman–Crippen LogP) is 4.99. The number of thioether (sulfide) groups is 1. The van der Waals surface area contributed by atoms with Crippen LogP contribution in [0.15, 0.2) is 47.5 Å². The van der Waals surface area contributed by atoms with Gasteiger partial charge < -0.3 is 14.8 Å². The minimum Gasteiger partial charge on any atom is -0.493 e. The Labute approximate surface area is 169 Å². The maximum Gasteiger partial charge on any atom is 0.237 e. The number of ether oxygens (including phenoxy) is 2. The van der Waals surface area contributed by atoms with E-state index in [1.165, 1.54) is 11.8 Å². The molecule has 5 nitrogen and oxygen atoms in total. The van der Waals surface area contributed by atoms with Crippen molar-refractivity contribution in [1.29, 1.82) is 0 Å². The Morgan fingerprint density at radius 2 is 1.79 bits per heavy atom. The first-order chi connectivity index (χ1) is 13.4. The van der Waals surface area contributed by atoms with Crippen molar-refractivity contribution in [3.05, 3.63) is 53.6 Å². The summed E-state index contributed by atoms with van der Waals surface area (Å²) in [6.45, 7) is 6.00. The van der Waals surface area contributed by atoms with Gasteiger partial charge in [0.25, 0.3) is 0 Å². The van der Waals surface area contributed by atoms with Crippen molar-refractivity contribution in [2.24, 2.45) is 0 Å². The van der Waals surface area contributed by atoms with Crippen LogP contribution in [0.5, 0.6) is 11.5 Å². The number of hydrogen-bond donors (Lipinski definition) is 1. The second-order valence-electron chi connectivity index (χ2n) is 6.57. The van der Waals surface area contributed by atoms with Crippen molar-refractivity contribution in [2.75, 3.05) is 19.5 Å². The zero-order valence-electron chi connectivity index (χ0n) is 16.7. The fourth-order valence-electron chi connectivity index (χ4n) is 2.98. The number of rotatable bonds is 6. The first kappa shape index (κ1) is 20.0. The van der Waals surface area contributed by atoms with E-state index >= 15 is 0 Å². The van der Waals surface area contributed by atoms with Crippen molar-refractivity contribution >= 4 is 34.3 Å². The van der Waals surface area contributed by atoms with Crippen molar-refractivity contribution < 1.29 is 14.3 Å². The molecule has 1 unspecified atom stereocenters. The largest absolute Gasteiger partial charge is 0.493 e. The topological polar surface area (TPSA) is 60.5 Å². The summed E-state index contributed by atoms with van der Waals surface area (Å²) in [6.07, 6.45) is 0. The number of methoxy groups -OCH3 is 2. The Morgan fingerprint density at radius 1 is 1.04 bits per heavy atom. The smallest absolute Gasteiger partial charge is 0.237 e. The van der Waals surface area contributed by atoms with E-state index in [1.54, 1.807) is 32.4 Å². The van der Waals surface area contributed by atoms with Gasteiger partial charge >= 0.3 is 0 Å². The Balaban J connectivity index is 1.76. The Kier molecular flexibility index (Phi) is 6.09. The van der Waals surface area contributed by atoms with E-state index in [-0.39, 0.29) is 11.2 Å². The third-order valence-electron chi connectivity index (χ3n) is 4.54. The Hall–Kier alpha value is -2.73. The summed E-state index contributed by atoms with van der Waals surface area (Å²) in [6, 6.07) is 13.5. The lowest BCUT2D eigenvalue weighted by atomic mass is 10.1. The second-order valence-corrected chi connectivity index (χ2v) is 7.93. The third kappa shape index (κ3) is 4.22. The van der Waals surface area contributed by atoms with E-state index in [9.17, 15) is 4.79 Å². The van der Waals surface area contributed by atoms with Crippen LogP contribution in [0.1, 0.15) is 18.1 Å². The molecular weight excluding hydrogens is 372 g/mol. The van der Waals surface area contributed by atoms with E-state index in [0.717, 1.165) is 27.1 Å². The van der Waals surface area contributed by atoms with E-state index < -0.39 is 0 Å². The number of benzene rings is 2. The first-order valence-corrected chi connectivity index (χ1v) is 9.87. The number of para-hydroxylation sites is 1. The lowest BCUT2D eigenvalue weighted by molar-refractivity contribution is -0.115. The molecule has 0 aliphatic carbocycles. The monoisotopic (exact) mass is 396 g/mol. The van der Waals surface area contributed by atoms with Crippen LogP contribution >= 0.6 is 11.8 Å². The predicted molar refractivity (Wildman–Crippen MR) is 115 cm³/mol. The van der Waals surface area contributed by atoms with Crippen LogP contribution in [0.25, 0.3) is 10.9 Å². The molecule has 0 saturated heterocycles. The zero-order chi connectivity index (χ0) is 20.3. The summed E-state index contributed by atoms with van der Waals surface area (Å²) < 4.78 is 10.5. The summed E-state index contributed by atoms with van der Waals surface area (Å²) in [4.78, 5) is 17.4. The minimum absolute atomic E-state index is 0.0958. The van der Waals surface area contributed by atoms with Crippen molar-refractivity contribution in [1.82, 2.24) is 4.98 Å². The van der Waals surface area contributed by atoms with Crippen LogP contribution in [0.3, 0.4) is 0 Å². The van der Waals surface area contributed by atoms with Crippen molar-refractivity contribution in [3.8, 4) is 11.5 Å². The number of aryl methyl sites for hydroxylation is 2. The molecule has 0 aliphatic heterocycles. The van der Waals surface area contributed by atoms with Gasteiger partial charge in [-0.3, -0.25) is 4.79 Å². The molecule has 0 spiro atoms. The van der Waals surface area contributed by atoms with Gasteiger partial charge in [-0.1, -0.05) is 30.0 Å². The zero-order valence-corrected chi connectivity index (χ0v) is 17.5. The number of nitrogens with zero attached hydrogens (tertiary/aromatic N) is 1. The summed E-state index contributed by atoms with van der Waals surface area (Å²) in [5, 5.41) is 4.61. The number of fused-ring (bicyclic) bond motifs is 1. The molecule has 3 aromatic rings. The summed E-state index contributed by atoms with van der Waals surface area (Å²) in [5.41, 5.74) is 3.93. The molecule has 2 aromatic carbocycles. The number of nitrogens with one attached hydrogen (secondary N) is 1. The van der Waals surface area contributed by atoms with Crippen LogP contribution in [-0.2, 0) is 4.79 Å². The van der Waals surface area contributed by atoms with Crippen LogP contribution in [0.4, 0.5) is 5.69 Å². The normalized spacial score (nSPS) is 11.9. The van der Waals surface area contributed by atoms with E-state index in [2.05, 4.69) is 31.3 Å². The van der Waals surface area contributed by atoms with Gasteiger partial charge in [-0.2, -0.15) is 0 Å². The highest BCUT2D eigenvalue weighted by molar-refractivity contribution is 8.00. The number of amides is 1. The highest BCUT2D eigenvalue weighted by Crippen LogP contribution is 2.31. The molecule has 0 radical (unpaired) electrons. The Morgan fingerprint density at radius 3 is 2.50 bits per heavy atom. The van der Waals surface area contributed by atoms with Gasteiger partial charge in [0.1, 0.15) is 0 Å². The molecule has 0 bridgehead atoms. The number of anilines is 1. The molecule has 1 atom stereocenters. The van der Waals surface area contributed by atoms with Crippen molar-refractivity contribution in [2.45, 2.75) is 31.0 Å². The van der Waals surface area contributed by atoms with Gasteiger partial charge in [0.15, 0.2) is 11.5 Å². The van der Waals surface area contributed by atoms with Crippen molar-refractivity contribution in [3.63, 3.8) is 0 Å². The molecule has 0 aliphatic rings. The average Bonchev–Trinajstić information content (AvgIpc) is 2.68. The molecule has 1 N–H and O–H groups in total. The Bertz CT molecular complexity index is 1020. The van der Waals surface area contributed by atoms with Gasteiger partial charge in [0.2, 0.25) is 5.91 Å². The van der Waals surface area contributed by atoms with E-state index in [4.69, 9.17) is 14.5 Å². The lowest BCUT2D eigenvalue weighted by Gasteiger charge is -2.14. The maximum atomic E-state index is 12.7. The molecule has 0 fully saturated rings. The van der Waals surface area contributed by atoms with Gasteiger partial charge in [-0.25, -0.2) is 4.98 Å². The molecule has 146 valence electrons. The molecule has 0 saturated carbocycles. The second kappa shape index (κ2) is 8.52. The first-order valence-electron chi connectivity index (χ1n) is 8.99. The van der Waals surface area contributed by atoms with Crippen LogP contribution in [-0.4, -0.2) is 30.4 Å². The number of hydrogen-bond acceptors (Lipinski definition) is 5. The molecular formula is C22H24N2O3S. The van der Waals surface area contributed by atoms with Crippen LogP contribution in [0.2, 0.25) is 0 Å². The van der Waals surface area contributed by atoms with Gasteiger partial charge in [0, 0.05) is 17.1 Å². The molecule has 1 amide bonds. The van der Waals surface area contributed by atoms with Crippen LogP contribution in [0, 0.1) is 13.8 Å². The van der Waals surface area contributed by atoms with Gasteiger partial charge in [-0.05, 0) is 50.1 Å².